The number of carbonyl (C=O) groups is 1. The van der Waals surface area contributed by atoms with Crippen LogP contribution in [0.4, 0.5) is 4.79 Å². The van der Waals surface area contributed by atoms with Gasteiger partial charge >= 0.3 is 5.30 Å². The Balaban J connectivity index is 2.19. The zero-order chi connectivity index (χ0) is 6.48. The number of nitrogens with one attached hydrogen (secondary N) is 1. The molecule has 2 rings (SSSR count). The van der Waals surface area contributed by atoms with Crippen LogP contribution in [-0.2, 0) is 4.18 Å². The van der Waals surface area contributed by atoms with Gasteiger partial charge in [0.1, 0.15) is 0 Å². The number of rotatable bonds is 0. The molecule has 2 fully saturated rings. The van der Waals surface area contributed by atoms with Crippen molar-refractivity contribution in [3.63, 3.8) is 0 Å². The van der Waals surface area contributed by atoms with Crippen LogP contribution in [0.2, 0.25) is 0 Å². The normalized spacial score (nSPS) is 53.6. The molecule has 2 unspecified atom stereocenters. The third kappa shape index (κ3) is 0.540. The molecule has 0 bridgehead atoms. The minimum Gasteiger partial charge on any atom is -0.473 e. The lowest BCUT2D eigenvalue weighted by molar-refractivity contribution is 0.220. The molecule has 0 aliphatic carbocycles. The van der Waals surface area contributed by atoms with Crippen molar-refractivity contribution in [2.75, 3.05) is 12.3 Å². The lowest BCUT2D eigenvalue weighted by Gasteiger charge is -2.02. The molecule has 2 heterocycles. The fourth-order valence-corrected chi connectivity index (χ4v) is 3.18. The standard InChI is InChI=1S/C4H7NO3S/c6-4(7)9-2-1-5-3(9)8-9/h3,5H,1-2H2,(H,6,7). The first-order valence-electron chi connectivity index (χ1n) is 2.70. The van der Waals surface area contributed by atoms with Gasteiger partial charge in [-0.15, -0.1) is 0 Å². The van der Waals surface area contributed by atoms with Crippen LogP contribution in [-0.4, -0.2) is 28.3 Å². The zero-order valence-corrected chi connectivity index (χ0v) is 5.48. The van der Waals surface area contributed by atoms with E-state index in [1.54, 1.807) is 0 Å². The van der Waals surface area contributed by atoms with E-state index in [1.165, 1.54) is 0 Å². The number of hydrogen-bond donors (Lipinski definition) is 2. The summed E-state index contributed by atoms with van der Waals surface area (Å²) in [7, 11) is -1.65. The maximum Gasteiger partial charge on any atom is 0.373 e. The van der Waals surface area contributed by atoms with E-state index in [0.717, 1.165) is 6.54 Å². The highest BCUT2D eigenvalue weighted by Crippen LogP contribution is 2.71. The van der Waals surface area contributed by atoms with Gasteiger partial charge in [0.05, 0.1) is 0 Å². The summed E-state index contributed by atoms with van der Waals surface area (Å²) in [5, 5.41) is 10.8. The average molecular weight is 149 g/mol. The predicted octanol–water partition coefficient (Wildman–Crippen LogP) is 0.301. The van der Waals surface area contributed by atoms with Crippen molar-refractivity contribution in [2.45, 2.75) is 5.56 Å². The first-order valence-corrected chi connectivity index (χ1v) is 4.49. The first kappa shape index (κ1) is 5.52. The van der Waals surface area contributed by atoms with E-state index in [0.29, 0.717) is 5.75 Å². The van der Waals surface area contributed by atoms with Crippen LogP contribution in [0.15, 0.2) is 0 Å². The maximum absolute atomic E-state index is 10.4. The topological polar surface area (TPSA) is 61.9 Å². The van der Waals surface area contributed by atoms with E-state index in [4.69, 9.17) is 9.29 Å². The second kappa shape index (κ2) is 1.42. The van der Waals surface area contributed by atoms with Gasteiger partial charge in [0.15, 0.2) is 5.56 Å². The molecule has 2 N–H and O–H groups in total. The second-order valence-electron chi connectivity index (χ2n) is 2.08. The van der Waals surface area contributed by atoms with Crippen LogP contribution in [0.5, 0.6) is 0 Å². The fraction of sp³-hybridized carbons (Fsp3) is 0.750. The average Bonchev–Trinajstić information content (AvgIpc) is 2.38. The molecule has 0 radical (unpaired) electrons. The molecule has 0 saturated carbocycles. The maximum atomic E-state index is 10.4. The molecule has 2 saturated heterocycles. The van der Waals surface area contributed by atoms with Crippen LogP contribution in [0, 0.1) is 0 Å². The molecular formula is C4H7NO3S. The van der Waals surface area contributed by atoms with Gasteiger partial charge in [-0.2, -0.15) is 0 Å². The van der Waals surface area contributed by atoms with E-state index in [1.807, 2.05) is 0 Å². The number of fused-ring (bicyclic) bond motifs is 1. The van der Waals surface area contributed by atoms with Gasteiger partial charge in [-0.3, -0.25) is 9.50 Å². The molecule has 2 atom stereocenters. The third-order valence-corrected chi connectivity index (χ3v) is 4.28. The highest BCUT2D eigenvalue weighted by Gasteiger charge is 2.61. The van der Waals surface area contributed by atoms with Crippen LogP contribution in [0.3, 0.4) is 0 Å². The predicted molar refractivity (Wildman–Crippen MR) is 33.4 cm³/mol. The van der Waals surface area contributed by atoms with Gasteiger partial charge in [-0.05, 0) is 0 Å². The summed E-state index contributed by atoms with van der Waals surface area (Å²) in [5.74, 6) is 0.688. The van der Waals surface area contributed by atoms with Crippen molar-refractivity contribution in [2.24, 2.45) is 0 Å². The Morgan fingerprint density at radius 3 is 2.89 bits per heavy atom. The molecule has 4 nitrogen and oxygen atoms in total. The summed E-state index contributed by atoms with van der Waals surface area (Å²) >= 11 is 0. The van der Waals surface area contributed by atoms with Crippen molar-refractivity contribution >= 4 is 15.6 Å². The van der Waals surface area contributed by atoms with E-state index < -0.39 is 15.6 Å². The van der Waals surface area contributed by atoms with Gasteiger partial charge in [0.25, 0.3) is 0 Å². The summed E-state index contributed by atoms with van der Waals surface area (Å²) in [5.41, 5.74) is -0.116. The van der Waals surface area contributed by atoms with Crippen molar-refractivity contribution < 1.29 is 14.1 Å². The monoisotopic (exact) mass is 149 g/mol. The van der Waals surface area contributed by atoms with Gasteiger partial charge in [0.2, 0.25) is 0 Å². The molecule has 9 heavy (non-hydrogen) atoms. The third-order valence-electron chi connectivity index (χ3n) is 1.58. The molecule has 0 aromatic heterocycles. The Labute approximate surface area is 53.7 Å². The highest BCUT2D eigenvalue weighted by atomic mass is 32.3. The number of carboxylic acid groups (broad SMARTS) is 1. The molecule has 52 valence electrons. The second-order valence-corrected chi connectivity index (χ2v) is 4.91. The van der Waals surface area contributed by atoms with Crippen LogP contribution < -0.4 is 5.32 Å². The molecule has 2 aliphatic rings. The summed E-state index contributed by atoms with van der Waals surface area (Å²) in [6.45, 7) is 0.798. The lowest BCUT2D eigenvalue weighted by Crippen LogP contribution is -2.12. The van der Waals surface area contributed by atoms with Crippen molar-refractivity contribution in [3.05, 3.63) is 0 Å². The largest absolute Gasteiger partial charge is 0.473 e. The molecule has 0 amide bonds. The van der Waals surface area contributed by atoms with E-state index >= 15 is 0 Å². The first-order chi connectivity index (χ1) is 4.26. The number of hydrogen-bond acceptors (Lipinski definition) is 3. The van der Waals surface area contributed by atoms with Gasteiger partial charge in [-0.1, -0.05) is 0 Å². The van der Waals surface area contributed by atoms with Crippen LogP contribution >= 0.6 is 10.3 Å². The van der Waals surface area contributed by atoms with Crippen LogP contribution in [0.25, 0.3) is 0 Å². The SMILES string of the molecule is O=C(O)S12CCNC1O2. The van der Waals surface area contributed by atoms with E-state index in [2.05, 4.69) is 5.32 Å². The fourth-order valence-electron chi connectivity index (χ4n) is 1.01. The minimum absolute atomic E-state index is 0.116. The highest BCUT2D eigenvalue weighted by molar-refractivity contribution is 8.46. The Kier molecular flexibility index (Phi) is 0.870. The molecule has 2 aliphatic heterocycles. The molecule has 0 aromatic carbocycles. The van der Waals surface area contributed by atoms with E-state index in [9.17, 15) is 4.79 Å². The summed E-state index contributed by atoms with van der Waals surface area (Å²) < 4.78 is 4.97. The Morgan fingerprint density at radius 2 is 2.67 bits per heavy atom. The summed E-state index contributed by atoms with van der Waals surface area (Å²) in [4.78, 5) is 10.4. The van der Waals surface area contributed by atoms with E-state index in [-0.39, 0.29) is 5.56 Å². The lowest BCUT2D eigenvalue weighted by atomic mass is 10.8. The van der Waals surface area contributed by atoms with Crippen molar-refractivity contribution in [3.8, 4) is 0 Å². The Hall–Kier alpha value is -0.260. The smallest absolute Gasteiger partial charge is 0.373 e. The van der Waals surface area contributed by atoms with Gasteiger partial charge in [0, 0.05) is 22.6 Å². The minimum atomic E-state index is -1.65. The molecule has 5 heteroatoms. The summed E-state index contributed by atoms with van der Waals surface area (Å²) in [6.07, 6.45) is 0. The summed E-state index contributed by atoms with van der Waals surface area (Å²) in [6, 6.07) is 0. The van der Waals surface area contributed by atoms with Gasteiger partial charge in [-0.25, -0.2) is 4.79 Å². The molecule has 0 aromatic rings. The Bertz CT molecular complexity index is 173. The zero-order valence-electron chi connectivity index (χ0n) is 4.66. The molecular weight excluding hydrogens is 142 g/mol. The quantitative estimate of drug-likeness (QED) is 0.486. The van der Waals surface area contributed by atoms with Crippen molar-refractivity contribution in [1.29, 1.82) is 0 Å². The van der Waals surface area contributed by atoms with Crippen molar-refractivity contribution in [1.82, 2.24) is 5.32 Å². The molecule has 0 spiro atoms. The van der Waals surface area contributed by atoms with Crippen LogP contribution in [0.1, 0.15) is 0 Å². The Morgan fingerprint density at radius 1 is 1.89 bits per heavy atom. The van der Waals surface area contributed by atoms with Gasteiger partial charge < -0.3 is 5.11 Å².